The van der Waals surface area contributed by atoms with Gasteiger partial charge in [0.25, 0.3) is 0 Å². The Morgan fingerprint density at radius 1 is 1.10 bits per heavy atom. The summed E-state index contributed by atoms with van der Waals surface area (Å²) in [6.07, 6.45) is 3.07. The molecule has 3 aliphatic rings. The van der Waals surface area contributed by atoms with Crippen LogP contribution in [0.4, 0.5) is 0 Å². The SMILES string of the molecule is CC1(C)CC=C(c2cc(C3(O)CC4(C)OC(C)(C3)C(O)C4O)ccc2C(N)=O)CC1. The summed E-state index contributed by atoms with van der Waals surface area (Å²) in [5.74, 6) is -0.494. The molecule has 164 valence electrons. The number of amides is 1. The summed E-state index contributed by atoms with van der Waals surface area (Å²) in [6, 6.07) is 5.27. The fraction of sp³-hybridized carbons (Fsp3) is 0.625. The second-order valence-corrected chi connectivity index (χ2v) is 10.7. The van der Waals surface area contributed by atoms with E-state index in [1.165, 1.54) is 0 Å². The van der Waals surface area contributed by atoms with Gasteiger partial charge in [0.2, 0.25) is 5.91 Å². The van der Waals surface area contributed by atoms with Gasteiger partial charge >= 0.3 is 0 Å². The maximum atomic E-state index is 12.1. The van der Waals surface area contributed by atoms with Crippen molar-refractivity contribution in [2.45, 2.75) is 88.8 Å². The lowest BCUT2D eigenvalue weighted by Gasteiger charge is -2.46. The van der Waals surface area contributed by atoms with E-state index in [-0.39, 0.29) is 18.3 Å². The topological polar surface area (TPSA) is 113 Å². The van der Waals surface area contributed by atoms with Gasteiger partial charge in [0.15, 0.2) is 0 Å². The molecule has 2 aliphatic heterocycles. The normalized spacial score (nSPS) is 40.2. The van der Waals surface area contributed by atoms with Gasteiger partial charge in [-0.25, -0.2) is 0 Å². The zero-order valence-corrected chi connectivity index (χ0v) is 18.2. The van der Waals surface area contributed by atoms with E-state index in [9.17, 15) is 20.1 Å². The van der Waals surface area contributed by atoms with Crippen molar-refractivity contribution >= 4 is 11.5 Å². The van der Waals surface area contributed by atoms with E-state index in [1.54, 1.807) is 26.0 Å². The first-order valence-electron chi connectivity index (χ1n) is 10.7. The fourth-order valence-corrected chi connectivity index (χ4v) is 5.67. The van der Waals surface area contributed by atoms with E-state index in [1.807, 2.05) is 6.07 Å². The molecule has 30 heavy (non-hydrogen) atoms. The van der Waals surface area contributed by atoms with Crippen LogP contribution >= 0.6 is 0 Å². The monoisotopic (exact) mass is 415 g/mol. The summed E-state index contributed by atoms with van der Waals surface area (Å²) in [4.78, 5) is 12.1. The molecule has 6 heteroatoms. The Morgan fingerprint density at radius 3 is 2.20 bits per heavy atom. The van der Waals surface area contributed by atoms with Crippen LogP contribution in [0, 0.1) is 5.41 Å². The lowest BCUT2D eigenvalue weighted by molar-refractivity contribution is -0.215. The Hall–Kier alpha value is -1.73. The predicted octanol–water partition coefficient (Wildman–Crippen LogP) is 2.63. The van der Waals surface area contributed by atoms with Crippen molar-refractivity contribution in [2.24, 2.45) is 11.1 Å². The molecule has 6 nitrogen and oxygen atoms in total. The summed E-state index contributed by atoms with van der Waals surface area (Å²) in [5.41, 5.74) is 5.38. The van der Waals surface area contributed by atoms with Crippen molar-refractivity contribution in [2.75, 3.05) is 0 Å². The van der Waals surface area contributed by atoms with Gasteiger partial charge in [-0.1, -0.05) is 26.0 Å². The Labute approximate surface area is 177 Å². The van der Waals surface area contributed by atoms with Crippen LogP contribution in [0.3, 0.4) is 0 Å². The minimum absolute atomic E-state index is 0.148. The number of primary amides is 1. The number of rotatable bonds is 3. The largest absolute Gasteiger partial charge is 0.387 e. The molecule has 2 fully saturated rings. The molecule has 0 aromatic heterocycles. The molecule has 4 atom stereocenters. The van der Waals surface area contributed by atoms with Gasteiger partial charge in [0.1, 0.15) is 12.2 Å². The molecule has 0 spiro atoms. The quantitative estimate of drug-likeness (QED) is 0.606. The highest BCUT2D eigenvalue weighted by Crippen LogP contribution is 2.55. The third-order valence-electron chi connectivity index (χ3n) is 7.44. The molecule has 2 bridgehead atoms. The molecule has 2 heterocycles. The van der Waals surface area contributed by atoms with Crippen LogP contribution in [0.25, 0.3) is 5.57 Å². The number of nitrogens with two attached hydrogens (primary N) is 1. The number of aliphatic hydroxyl groups is 3. The zero-order valence-electron chi connectivity index (χ0n) is 18.2. The number of allylic oxidation sites excluding steroid dienone is 2. The van der Waals surface area contributed by atoms with Crippen LogP contribution < -0.4 is 5.73 Å². The number of carbonyl (C=O) groups excluding carboxylic acids is 1. The Kier molecular flexibility index (Phi) is 4.75. The van der Waals surface area contributed by atoms with E-state index >= 15 is 0 Å². The maximum absolute atomic E-state index is 12.1. The highest BCUT2D eigenvalue weighted by atomic mass is 16.6. The first kappa shape index (κ1) is 21.5. The Morgan fingerprint density at radius 2 is 1.70 bits per heavy atom. The Bertz CT molecular complexity index is 900. The number of hydrogen-bond acceptors (Lipinski definition) is 5. The molecule has 2 saturated heterocycles. The predicted molar refractivity (Wildman–Crippen MR) is 114 cm³/mol. The summed E-state index contributed by atoms with van der Waals surface area (Å²) in [7, 11) is 0. The minimum Gasteiger partial charge on any atom is -0.387 e. The molecule has 1 aliphatic carbocycles. The second kappa shape index (κ2) is 6.63. The van der Waals surface area contributed by atoms with Crippen LogP contribution in [0.15, 0.2) is 24.3 Å². The first-order chi connectivity index (χ1) is 13.8. The van der Waals surface area contributed by atoms with Gasteiger partial charge in [-0.2, -0.15) is 0 Å². The second-order valence-electron chi connectivity index (χ2n) is 10.7. The lowest BCUT2D eigenvalue weighted by atomic mass is 9.73. The van der Waals surface area contributed by atoms with Crippen molar-refractivity contribution in [1.82, 2.24) is 0 Å². The molecule has 1 aromatic rings. The average Bonchev–Trinajstić information content (AvgIpc) is 2.77. The summed E-state index contributed by atoms with van der Waals surface area (Å²) in [6.45, 7) is 7.90. The van der Waals surface area contributed by atoms with E-state index in [4.69, 9.17) is 10.5 Å². The highest BCUT2D eigenvalue weighted by molar-refractivity contribution is 5.98. The molecule has 0 saturated carbocycles. The number of aliphatic hydroxyl groups excluding tert-OH is 2. The molecule has 5 N–H and O–H groups in total. The lowest BCUT2D eigenvalue weighted by Crippen LogP contribution is -2.51. The van der Waals surface area contributed by atoms with Crippen molar-refractivity contribution in [3.8, 4) is 0 Å². The Balaban J connectivity index is 1.77. The fourth-order valence-electron chi connectivity index (χ4n) is 5.67. The molecule has 4 rings (SSSR count). The van der Waals surface area contributed by atoms with Crippen LogP contribution in [-0.4, -0.2) is 44.6 Å². The van der Waals surface area contributed by atoms with Crippen molar-refractivity contribution in [3.05, 3.63) is 41.0 Å². The van der Waals surface area contributed by atoms with Gasteiger partial charge in [-0.15, -0.1) is 0 Å². The van der Waals surface area contributed by atoms with E-state index < -0.39 is 34.9 Å². The number of carbonyl (C=O) groups is 1. The third kappa shape index (κ3) is 3.30. The van der Waals surface area contributed by atoms with Gasteiger partial charge in [0.05, 0.1) is 16.8 Å². The van der Waals surface area contributed by atoms with Gasteiger partial charge in [-0.3, -0.25) is 4.79 Å². The molecule has 0 radical (unpaired) electrons. The van der Waals surface area contributed by atoms with E-state index in [0.717, 1.165) is 30.4 Å². The smallest absolute Gasteiger partial charge is 0.249 e. The van der Waals surface area contributed by atoms with Crippen LogP contribution in [0.1, 0.15) is 81.3 Å². The van der Waals surface area contributed by atoms with Crippen LogP contribution in [0.2, 0.25) is 0 Å². The van der Waals surface area contributed by atoms with Gasteiger partial charge < -0.3 is 25.8 Å². The minimum atomic E-state index is -1.31. The third-order valence-corrected chi connectivity index (χ3v) is 7.44. The summed E-state index contributed by atoms with van der Waals surface area (Å²) in [5, 5.41) is 32.8. The average molecular weight is 416 g/mol. The van der Waals surface area contributed by atoms with E-state index in [0.29, 0.717) is 11.1 Å². The summed E-state index contributed by atoms with van der Waals surface area (Å²) < 4.78 is 6.00. The van der Waals surface area contributed by atoms with E-state index in [2.05, 4.69) is 19.9 Å². The van der Waals surface area contributed by atoms with Crippen molar-refractivity contribution in [1.29, 1.82) is 0 Å². The standard InChI is InChI=1S/C24H33NO5/c1-21(2)9-7-14(8-10-21)17-11-15(5-6-16(17)20(25)28)24(29)12-22(3)18(26)19(27)23(4,13-24)30-22/h5-7,11,18-19,26-27,29H,8-10,12-13H2,1-4H3,(H2,25,28). The molecular weight excluding hydrogens is 382 g/mol. The molecular formula is C24H33NO5. The first-order valence-corrected chi connectivity index (χ1v) is 10.7. The molecule has 1 amide bonds. The number of fused-ring (bicyclic) bond motifs is 2. The summed E-state index contributed by atoms with van der Waals surface area (Å²) >= 11 is 0. The van der Waals surface area contributed by atoms with Crippen LogP contribution in [0.5, 0.6) is 0 Å². The highest BCUT2D eigenvalue weighted by Gasteiger charge is 2.65. The molecule has 4 unspecified atom stereocenters. The van der Waals surface area contributed by atoms with Crippen molar-refractivity contribution in [3.63, 3.8) is 0 Å². The van der Waals surface area contributed by atoms with Crippen molar-refractivity contribution < 1.29 is 24.9 Å². The maximum Gasteiger partial charge on any atom is 0.249 e. The number of hydrogen-bond donors (Lipinski definition) is 4. The van der Waals surface area contributed by atoms with Crippen LogP contribution in [-0.2, 0) is 10.3 Å². The van der Waals surface area contributed by atoms with Gasteiger partial charge in [-0.05, 0) is 67.4 Å². The number of ether oxygens (including phenoxy) is 1. The molecule has 1 aromatic carbocycles. The number of benzene rings is 1. The van der Waals surface area contributed by atoms with Gasteiger partial charge in [0, 0.05) is 18.4 Å². The zero-order chi connectivity index (χ0) is 22.1.